The van der Waals surface area contributed by atoms with Crippen LogP contribution >= 0.6 is 0 Å². The molecule has 0 unspecified atom stereocenters. The molecule has 0 aliphatic carbocycles. The molecule has 0 amide bonds. The summed E-state index contributed by atoms with van der Waals surface area (Å²) >= 11 is 0. The van der Waals surface area contributed by atoms with E-state index in [9.17, 15) is 17.6 Å². The topological polar surface area (TPSA) is 74.7 Å². The number of hydrogen-bond acceptors (Lipinski definition) is 3. The van der Waals surface area contributed by atoms with Crippen molar-refractivity contribution in [3.05, 3.63) is 35.6 Å². The molecule has 0 aliphatic rings. The van der Waals surface area contributed by atoms with Gasteiger partial charge in [0.15, 0.2) is 0 Å². The quantitative estimate of drug-likeness (QED) is 0.824. The number of nitrogens with zero attached hydrogens (tertiary/aromatic N) is 1. The Hall–Kier alpha value is -1.47. The van der Waals surface area contributed by atoms with Crippen LogP contribution in [-0.2, 0) is 21.4 Å². The van der Waals surface area contributed by atoms with Crippen molar-refractivity contribution in [3.63, 3.8) is 0 Å². The van der Waals surface area contributed by atoms with Crippen molar-refractivity contribution in [2.24, 2.45) is 0 Å². The highest BCUT2D eigenvalue weighted by molar-refractivity contribution is 7.89. The van der Waals surface area contributed by atoms with Gasteiger partial charge in [-0.25, -0.2) is 17.1 Å². The lowest BCUT2D eigenvalue weighted by Gasteiger charge is -2.17. The van der Waals surface area contributed by atoms with E-state index in [1.807, 2.05) is 0 Å². The summed E-state index contributed by atoms with van der Waals surface area (Å²) in [5, 5.41) is 8.46. The van der Waals surface area contributed by atoms with Gasteiger partial charge >= 0.3 is 5.97 Å². The van der Waals surface area contributed by atoms with Crippen LogP contribution in [0, 0.1) is 5.82 Å². The molecule has 0 fully saturated rings. The van der Waals surface area contributed by atoms with Crippen molar-refractivity contribution in [1.82, 2.24) is 4.31 Å². The Morgan fingerprint density at radius 3 is 2.68 bits per heavy atom. The Labute approximate surface area is 111 Å². The third kappa shape index (κ3) is 5.35. The van der Waals surface area contributed by atoms with Gasteiger partial charge in [0.05, 0.1) is 5.75 Å². The highest BCUT2D eigenvalue weighted by Crippen LogP contribution is 2.10. The molecule has 0 saturated carbocycles. The average molecular weight is 289 g/mol. The third-order valence-electron chi connectivity index (χ3n) is 2.56. The van der Waals surface area contributed by atoms with E-state index in [0.717, 1.165) is 4.31 Å². The van der Waals surface area contributed by atoms with Gasteiger partial charge in [-0.05, 0) is 24.1 Å². The maximum Gasteiger partial charge on any atom is 0.303 e. The summed E-state index contributed by atoms with van der Waals surface area (Å²) in [6, 6.07) is 5.69. The summed E-state index contributed by atoms with van der Waals surface area (Å²) in [5.74, 6) is -1.68. The standard InChI is InChI=1S/C12H16FNO4S/c1-14(9-10-4-2-5-11(13)8-10)19(17,18)7-3-6-12(15)16/h2,4-5,8H,3,6-7,9H2,1H3,(H,15,16). The van der Waals surface area contributed by atoms with Gasteiger partial charge in [-0.1, -0.05) is 12.1 Å². The van der Waals surface area contributed by atoms with Crippen molar-refractivity contribution in [2.45, 2.75) is 19.4 Å². The first kappa shape index (κ1) is 15.6. The number of hydrogen-bond donors (Lipinski definition) is 1. The number of sulfonamides is 1. The smallest absolute Gasteiger partial charge is 0.303 e. The van der Waals surface area contributed by atoms with E-state index in [1.165, 1.54) is 25.2 Å². The van der Waals surface area contributed by atoms with Crippen LogP contribution in [0.25, 0.3) is 0 Å². The van der Waals surface area contributed by atoms with Gasteiger partial charge in [-0.2, -0.15) is 0 Å². The van der Waals surface area contributed by atoms with Crippen LogP contribution < -0.4 is 0 Å². The SMILES string of the molecule is CN(Cc1cccc(F)c1)S(=O)(=O)CCCC(=O)O. The summed E-state index contributed by atoms with van der Waals surface area (Å²) in [7, 11) is -2.13. The molecule has 1 aromatic rings. The zero-order chi connectivity index (χ0) is 14.5. The molecule has 1 aromatic carbocycles. The van der Waals surface area contributed by atoms with Crippen LogP contribution in [-0.4, -0.2) is 36.6 Å². The fourth-order valence-electron chi connectivity index (χ4n) is 1.55. The second-order valence-electron chi connectivity index (χ2n) is 4.20. The summed E-state index contributed by atoms with van der Waals surface area (Å²) in [4.78, 5) is 10.3. The van der Waals surface area contributed by atoms with Gasteiger partial charge in [0.1, 0.15) is 5.82 Å². The Morgan fingerprint density at radius 1 is 1.42 bits per heavy atom. The lowest BCUT2D eigenvalue weighted by molar-refractivity contribution is -0.137. The molecule has 0 aliphatic heterocycles. The van der Waals surface area contributed by atoms with Gasteiger partial charge in [0.2, 0.25) is 10.0 Å². The fraction of sp³-hybridized carbons (Fsp3) is 0.417. The highest BCUT2D eigenvalue weighted by Gasteiger charge is 2.18. The molecule has 7 heteroatoms. The maximum atomic E-state index is 13.0. The van der Waals surface area contributed by atoms with Crippen molar-refractivity contribution in [2.75, 3.05) is 12.8 Å². The second-order valence-corrected chi connectivity index (χ2v) is 6.39. The minimum Gasteiger partial charge on any atom is -0.481 e. The zero-order valence-corrected chi connectivity index (χ0v) is 11.4. The summed E-state index contributed by atoms with van der Waals surface area (Å²) < 4.78 is 37.8. The number of carbonyl (C=O) groups is 1. The van der Waals surface area contributed by atoms with E-state index < -0.39 is 21.8 Å². The fourth-order valence-corrected chi connectivity index (χ4v) is 2.72. The third-order valence-corrected chi connectivity index (χ3v) is 4.45. The minimum absolute atomic E-state index is 0.0607. The Kier molecular flexibility index (Phi) is 5.44. The number of halogens is 1. The first-order valence-corrected chi connectivity index (χ1v) is 7.32. The normalized spacial score (nSPS) is 11.7. The van der Waals surface area contributed by atoms with Crippen molar-refractivity contribution < 1.29 is 22.7 Å². The van der Waals surface area contributed by atoms with Crippen LogP contribution in [0.15, 0.2) is 24.3 Å². The van der Waals surface area contributed by atoms with E-state index in [2.05, 4.69) is 0 Å². The molecule has 0 bridgehead atoms. The highest BCUT2D eigenvalue weighted by atomic mass is 32.2. The number of aliphatic carboxylic acids is 1. The zero-order valence-electron chi connectivity index (χ0n) is 10.5. The number of benzene rings is 1. The molecular formula is C12H16FNO4S. The molecule has 5 nitrogen and oxygen atoms in total. The molecule has 0 saturated heterocycles. The molecule has 1 rings (SSSR count). The second kappa shape index (κ2) is 6.63. The molecule has 106 valence electrons. The van der Waals surface area contributed by atoms with Crippen LogP contribution in [0.4, 0.5) is 4.39 Å². The van der Waals surface area contributed by atoms with E-state index in [0.29, 0.717) is 5.56 Å². The Bertz CT molecular complexity index is 544. The molecular weight excluding hydrogens is 273 g/mol. The van der Waals surface area contributed by atoms with Gasteiger partial charge in [0.25, 0.3) is 0 Å². The van der Waals surface area contributed by atoms with Gasteiger partial charge in [0, 0.05) is 20.0 Å². The van der Waals surface area contributed by atoms with Crippen molar-refractivity contribution >= 4 is 16.0 Å². The Morgan fingerprint density at radius 2 is 2.11 bits per heavy atom. The molecule has 1 N–H and O–H groups in total. The lowest BCUT2D eigenvalue weighted by Crippen LogP contribution is -2.29. The Balaban J connectivity index is 2.61. The predicted octanol–water partition coefficient (Wildman–Crippen LogP) is 1.45. The molecule has 0 aromatic heterocycles. The largest absolute Gasteiger partial charge is 0.481 e. The number of carboxylic acid groups (broad SMARTS) is 1. The van der Waals surface area contributed by atoms with Crippen molar-refractivity contribution in [1.29, 1.82) is 0 Å². The van der Waals surface area contributed by atoms with E-state index in [-0.39, 0.29) is 25.1 Å². The monoisotopic (exact) mass is 289 g/mol. The van der Waals surface area contributed by atoms with Crippen molar-refractivity contribution in [3.8, 4) is 0 Å². The maximum absolute atomic E-state index is 13.0. The van der Waals surface area contributed by atoms with Gasteiger partial charge < -0.3 is 5.11 Å². The molecule has 0 spiro atoms. The molecule has 0 atom stereocenters. The van der Waals surface area contributed by atoms with Crippen LogP contribution in [0.3, 0.4) is 0 Å². The van der Waals surface area contributed by atoms with Crippen LogP contribution in [0.2, 0.25) is 0 Å². The van der Waals surface area contributed by atoms with Gasteiger partial charge in [-0.3, -0.25) is 4.79 Å². The lowest BCUT2D eigenvalue weighted by atomic mass is 10.2. The van der Waals surface area contributed by atoms with Crippen LogP contribution in [0.1, 0.15) is 18.4 Å². The van der Waals surface area contributed by atoms with Gasteiger partial charge in [-0.15, -0.1) is 0 Å². The van der Waals surface area contributed by atoms with E-state index in [1.54, 1.807) is 6.07 Å². The summed E-state index contributed by atoms with van der Waals surface area (Å²) in [6.07, 6.45) is -0.127. The minimum atomic E-state index is -3.52. The van der Waals surface area contributed by atoms with Crippen LogP contribution in [0.5, 0.6) is 0 Å². The first-order valence-electron chi connectivity index (χ1n) is 5.71. The average Bonchev–Trinajstić information content (AvgIpc) is 2.28. The molecule has 0 heterocycles. The number of carboxylic acids is 1. The predicted molar refractivity (Wildman–Crippen MR) is 68.5 cm³/mol. The number of rotatable bonds is 7. The van der Waals surface area contributed by atoms with E-state index in [4.69, 9.17) is 5.11 Å². The molecule has 19 heavy (non-hydrogen) atoms. The molecule has 0 radical (unpaired) electrons. The summed E-state index contributed by atoms with van der Waals surface area (Å²) in [6.45, 7) is 0.0627. The first-order chi connectivity index (χ1) is 8.81. The van der Waals surface area contributed by atoms with E-state index >= 15 is 0 Å². The summed E-state index contributed by atoms with van der Waals surface area (Å²) in [5.41, 5.74) is 0.546.